The Balaban J connectivity index is 1.65. The van der Waals surface area contributed by atoms with Crippen LogP contribution in [0.3, 0.4) is 0 Å². The maximum atomic E-state index is 4.36. The molecule has 0 aliphatic heterocycles. The predicted molar refractivity (Wildman–Crippen MR) is 103 cm³/mol. The lowest BCUT2D eigenvalue weighted by atomic mass is 10.2. The molecule has 0 unspecified atom stereocenters. The molecule has 2 aromatic carbocycles. The van der Waals surface area contributed by atoms with Crippen LogP contribution in [0.4, 0.5) is 22.9 Å². The van der Waals surface area contributed by atoms with Crippen molar-refractivity contribution in [1.82, 2.24) is 19.7 Å². The smallest absolute Gasteiger partial charge is 0.164 e. The maximum absolute atomic E-state index is 4.36. The first kappa shape index (κ1) is 15.6. The van der Waals surface area contributed by atoms with Gasteiger partial charge in [0.25, 0.3) is 0 Å². The topological polar surface area (TPSA) is 67.7 Å². The van der Waals surface area contributed by atoms with Gasteiger partial charge in [0.1, 0.15) is 16.7 Å². The molecular weight excluding hydrogens is 380 g/mol. The molecule has 124 valence electrons. The number of anilines is 4. The van der Waals surface area contributed by atoms with Gasteiger partial charge in [-0.1, -0.05) is 24.3 Å². The lowest BCUT2D eigenvalue weighted by Crippen LogP contribution is -1.98. The molecule has 4 aromatic rings. The molecule has 6 nitrogen and oxygen atoms in total. The van der Waals surface area contributed by atoms with Crippen LogP contribution in [0.1, 0.15) is 0 Å². The number of nitrogens with one attached hydrogen (secondary N) is 2. The van der Waals surface area contributed by atoms with E-state index in [0.717, 1.165) is 28.1 Å². The van der Waals surface area contributed by atoms with Gasteiger partial charge >= 0.3 is 0 Å². The van der Waals surface area contributed by atoms with Gasteiger partial charge in [-0.2, -0.15) is 5.10 Å². The standard InChI is InChI=1S/C18H15BrN6/c1-25-18-15(16(19)24-25)17(20-11-21-18)23-14-9-5-8-13(10-14)22-12-6-3-2-4-7-12/h2-11,22H,1H3,(H,20,21,23). The Hall–Kier alpha value is -2.93. The summed E-state index contributed by atoms with van der Waals surface area (Å²) in [5.41, 5.74) is 3.73. The van der Waals surface area contributed by atoms with E-state index in [0.29, 0.717) is 10.4 Å². The Kier molecular flexibility index (Phi) is 4.07. The van der Waals surface area contributed by atoms with Gasteiger partial charge in [-0.3, -0.25) is 0 Å². The number of aryl methyl sites for hydroxylation is 1. The van der Waals surface area contributed by atoms with E-state index in [4.69, 9.17) is 0 Å². The SMILES string of the molecule is Cn1nc(Br)c2c(Nc3cccc(Nc4ccccc4)c3)ncnc21. The molecular formula is C18H15BrN6. The highest BCUT2D eigenvalue weighted by molar-refractivity contribution is 9.10. The fourth-order valence-corrected chi connectivity index (χ4v) is 3.24. The third kappa shape index (κ3) is 3.18. The Morgan fingerprint density at radius 1 is 0.880 bits per heavy atom. The second-order valence-corrected chi connectivity index (χ2v) is 6.28. The second kappa shape index (κ2) is 6.52. The summed E-state index contributed by atoms with van der Waals surface area (Å²) < 4.78 is 2.44. The van der Waals surface area contributed by atoms with Crippen LogP contribution in [0.5, 0.6) is 0 Å². The molecule has 0 fully saturated rings. The summed E-state index contributed by atoms with van der Waals surface area (Å²) in [6.45, 7) is 0. The lowest BCUT2D eigenvalue weighted by molar-refractivity contribution is 0.777. The first-order valence-electron chi connectivity index (χ1n) is 7.73. The van der Waals surface area contributed by atoms with Crippen molar-refractivity contribution in [2.24, 2.45) is 7.05 Å². The largest absolute Gasteiger partial charge is 0.355 e. The van der Waals surface area contributed by atoms with E-state index < -0.39 is 0 Å². The van der Waals surface area contributed by atoms with E-state index in [1.807, 2.05) is 61.6 Å². The summed E-state index contributed by atoms with van der Waals surface area (Å²) in [4.78, 5) is 8.65. The average Bonchev–Trinajstić information content (AvgIpc) is 2.91. The van der Waals surface area contributed by atoms with Gasteiger partial charge in [0, 0.05) is 24.1 Å². The summed E-state index contributed by atoms with van der Waals surface area (Å²) in [5, 5.41) is 11.9. The van der Waals surface area contributed by atoms with Crippen LogP contribution in [-0.2, 0) is 7.05 Å². The summed E-state index contributed by atoms with van der Waals surface area (Å²) >= 11 is 3.48. The van der Waals surface area contributed by atoms with Crippen LogP contribution in [0, 0.1) is 0 Å². The van der Waals surface area contributed by atoms with Gasteiger partial charge in [0.05, 0.1) is 5.39 Å². The number of fused-ring (bicyclic) bond motifs is 1. The van der Waals surface area contributed by atoms with E-state index in [1.54, 1.807) is 4.68 Å². The number of nitrogens with zero attached hydrogens (tertiary/aromatic N) is 4. The molecule has 0 aliphatic rings. The Labute approximate surface area is 153 Å². The van der Waals surface area contributed by atoms with Crippen LogP contribution < -0.4 is 10.6 Å². The summed E-state index contributed by atoms with van der Waals surface area (Å²) in [7, 11) is 1.86. The molecule has 0 amide bonds. The van der Waals surface area contributed by atoms with E-state index in [-0.39, 0.29) is 0 Å². The normalized spacial score (nSPS) is 10.8. The third-order valence-electron chi connectivity index (χ3n) is 3.77. The Bertz CT molecular complexity index is 1030. The Morgan fingerprint density at radius 2 is 1.60 bits per heavy atom. The zero-order valence-corrected chi connectivity index (χ0v) is 15.0. The molecule has 2 N–H and O–H groups in total. The minimum absolute atomic E-state index is 0.710. The van der Waals surface area contributed by atoms with E-state index in [9.17, 15) is 0 Å². The zero-order chi connectivity index (χ0) is 17.2. The highest BCUT2D eigenvalue weighted by Crippen LogP contribution is 2.30. The summed E-state index contributed by atoms with van der Waals surface area (Å²) in [5.74, 6) is 0.710. The molecule has 0 atom stereocenters. The number of benzene rings is 2. The van der Waals surface area contributed by atoms with Crippen molar-refractivity contribution in [2.75, 3.05) is 10.6 Å². The lowest BCUT2D eigenvalue weighted by Gasteiger charge is -2.10. The minimum atomic E-state index is 0.710. The molecule has 25 heavy (non-hydrogen) atoms. The fraction of sp³-hybridized carbons (Fsp3) is 0.0556. The first-order valence-corrected chi connectivity index (χ1v) is 8.52. The van der Waals surface area contributed by atoms with E-state index in [1.165, 1.54) is 6.33 Å². The molecule has 0 radical (unpaired) electrons. The third-order valence-corrected chi connectivity index (χ3v) is 4.32. The van der Waals surface area contributed by atoms with Crippen molar-refractivity contribution in [2.45, 2.75) is 0 Å². The number of hydrogen-bond donors (Lipinski definition) is 2. The predicted octanol–water partition coefficient (Wildman–Crippen LogP) is 4.61. The first-order chi connectivity index (χ1) is 12.2. The van der Waals surface area contributed by atoms with Gasteiger partial charge in [-0.15, -0.1) is 0 Å². The van der Waals surface area contributed by atoms with Crippen molar-refractivity contribution in [3.8, 4) is 0 Å². The second-order valence-electron chi connectivity index (χ2n) is 5.53. The van der Waals surface area contributed by atoms with E-state index in [2.05, 4.69) is 41.6 Å². The van der Waals surface area contributed by atoms with Crippen LogP contribution in [0.25, 0.3) is 11.0 Å². The van der Waals surface area contributed by atoms with Gasteiger partial charge in [0.15, 0.2) is 5.65 Å². The minimum Gasteiger partial charge on any atom is -0.355 e. The van der Waals surface area contributed by atoms with Gasteiger partial charge in [-0.05, 0) is 46.3 Å². The number of aromatic nitrogens is 4. The number of halogens is 1. The molecule has 0 bridgehead atoms. The monoisotopic (exact) mass is 394 g/mol. The van der Waals surface area contributed by atoms with Crippen molar-refractivity contribution in [3.05, 3.63) is 65.5 Å². The van der Waals surface area contributed by atoms with Crippen LogP contribution in [0.15, 0.2) is 65.5 Å². The quantitative estimate of drug-likeness (QED) is 0.528. The van der Waals surface area contributed by atoms with Crippen LogP contribution in [0.2, 0.25) is 0 Å². The highest BCUT2D eigenvalue weighted by atomic mass is 79.9. The zero-order valence-electron chi connectivity index (χ0n) is 13.4. The summed E-state index contributed by atoms with van der Waals surface area (Å²) in [6, 6.07) is 18.1. The van der Waals surface area contributed by atoms with Crippen molar-refractivity contribution >= 4 is 49.8 Å². The molecule has 2 heterocycles. The summed E-state index contributed by atoms with van der Waals surface area (Å²) in [6.07, 6.45) is 1.53. The molecule has 4 rings (SSSR count). The van der Waals surface area contributed by atoms with E-state index >= 15 is 0 Å². The number of hydrogen-bond acceptors (Lipinski definition) is 5. The van der Waals surface area contributed by atoms with Crippen LogP contribution in [-0.4, -0.2) is 19.7 Å². The van der Waals surface area contributed by atoms with Crippen LogP contribution >= 0.6 is 15.9 Å². The molecule has 0 aliphatic carbocycles. The molecule has 7 heteroatoms. The fourth-order valence-electron chi connectivity index (χ4n) is 2.64. The maximum Gasteiger partial charge on any atom is 0.164 e. The molecule has 2 aromatic heterocycles. The van der Waals surface area contributed by atoms with Gasteiger partial charge < -0.3 is 10.6 Å². The molecule has 0 spiro atoms. The molecule has 0 saturated heterocycles. The number of rotatable bonds is 4. The van der Waals surface area contributed by atoms with Crippen molar-refractivity contribution < 1.29 is 0 Å². The Morgan fingerprint density at radius 3 is 2.40 bits per heavy atom. The average molecular weight is 395 g/mol. The van der Waals surface area contributed by atoms with Crippen molar-refractivity contribution in [3.63, 3.8) is 0 Å². The van der Waals surface area contributed by atoms with Crippen molar-refractivity contribution in [1.29, 1.82) is 0 Å². The van der Waals surface area contributed by atoms with Gasteiger partial charge in [0.2, 0.25) is 0 Å². The number of para-hydroxylation sites is 1. The highest BCUT2D eigenvalue weighted by Gasteiger charge is 2.13. The molecule has 0 saturated carbocycles. The van der Waals surface area contributed by atoms with Gasteiger partial charge in [-0.25, -0.2) is 14.6 Å².